The number of hydrogen-bond donors (Lipinski definition) is 1. The smallest absolute Gasteiger partial charge is 0.278 e. The number of benzene rings is 1. The van der Waals surface area contributed by atoms with Gasteiger partial charge in [-0.15, -0.1) is 0 Å². The van der Waals surface area contributed by atoms with Gasteiger partial charge in [-0.05, 0) is 24.3 Å². The van der Waals surface area contributed by atoms with E-state index in [0.717, 1.165) is 30.5 Å². The highest BCUT2D eigenvalue weighted by atomic mass is 35.5. The molecule has 0 amide bonds. The van der Waals surface area contributed by atoms with E-state index in [0.29, 0.717) is 0 Å². The van der Waals surface area contributed by atoms with Gasteiger partial charge in [-0.1, -0.05) is 11.6 Å². The van der Waals surface area contributed by atoms with Crippen LogP contribution in [0.5, 0.6) is 0 Å². The number of hydrogen-bond acceptors (Lipinski definition) is 5. The van der Waals surface area contributed by atoms with Gasteiger partial charge in [-0.3, -0.25) is 14.8 Å². The van der Waals surface area contributed by atoms with Crippen molar-refractivity contribution in [3.8, 4) is 0 Å². The molecule has 0 saturated heterocycles. The first-order valence-corrected chi connectivity index (χ1v) is 7.24. The van der Waals surface area contributed by atoms with Gasteiger partial charge in [0.05, 0.1) is 21.7 Å². The Balaban J connectivity index is 2.38. The summed E-state index contributed by atoms with van der Waals surface area (Å²) in [6.45, 7) is 0. The minimum atomic E-state index is -4.07. The molecular weight excluding hydrogens is 325 g/mol. The van der Waals surface area contributed by atoms with E-state index in [-0.39, 0.29) is 15.6 Å². The average Bonchev–Trinajstić information content (AvgIpc) is 2.41. The minimum Gasteiger partial charge on any atom is -0.278 e. The molecule has 2 aromatic rings. The van der Waals surface area contributed by atoms with Gasteiger partial charge in [-0.25, -0.2) is 13.4 Å². The number of aromatic nitrogens is 1. The van der Waals surface area contributed by atoms with Crippen molar-refractivity contribution in [2.45, 2.75) is 4.90 Å². The second kappa shape index (κ2) is 5.62. The van der Waals surface area contributed by atoms with Crippen molar-refractivity contribution in [2.75, 3.05) is 4.72 Å². The molecule has 0 aliphatic carbocycles. The Bertz CT molecular complexity index is 796. The summed E-state index contributed by atoms with van der Waals surface area (Å²) < 4.78 is 38.9. The molecule has 1 aromatic heterocycles. The van der Waals surface area contributed by atoms with Crippen molar-refractivity contribution in [1.29, 1.82) is 0 Å². The zero-order valence-electron chi connectivity index (χ0n) is 10.2. The van der Waals surface area contributed by atoms with Crippen LogP contribution in [0.4, 0.5) is 15.8 Å². The molecule has 0 saturated carbocycles. The molecule has 2 rings (SSSR count). The number of sulfonamides is 1. The number of halogens is 2. The lowest BCUT2D eigenvalue weighted by Crippen LogP contribution is -2.13. The van der Waals surface area contributed by atoms with Gasteiger partial charge in [0, 0.05) is 6.07 Å². The van der Waals surface area contributed by atoms with Crippen molar-refractivity contribution in [3.05, 3.63) is 57.6 Å². The fraction of sp³-hybridized carbons (Fsp3) is 0. The zero-order chi connectivity index (χ0) is 15.6. The van der Waals surface area contributed by atoms with Crippen molar-refractivity contribution < 1.29 is 17.7 Å². The average molecular weight is 332 g/mol. The van der Waals surface area contributed by atoms with Crippen LogP contribution in [-0.2, 0) is 10.0 Å². The molecule has 0 aliphatic heterocycles. The number of nitro benzene ring substituents is 1. The zero-order valence-corrected chi connectivity index (χ0v) is 11.7. The number of anilines is 1. The highest BCUT2D eigenvalue weighted by Crippen LogP contribution is 2.27. The lowest BCUT2D eigenvalue weighted by Gasteiger charge is -2.07. The van der Waals surface area contributed by atoms with Crippen LogP contribution in [0.25, 0.3) is 0 Å². The van der Waals surface area contributed by atoms with E-state index in [4.69, 9.17) is 11.6 Å². The van der Waals surface area contributed by atoms with Crippen LogP contribution < -0.4 is 4.72 Å². The Hall–Kier alpha value is -2.26. The van der Waals surface area contributed by atoms with E-state index in [1.807, 2.05) is 0 Å². The van der Waals surface area contributed by atoms with Crippen LogP contribution in [0.3, 0.4) is 0 Å². The maximum absolute atomic E-state index is 12.7. The second-order valence-electron chi connectivity index (χ2n) is 3.85. The molecule has 0 fully saturated rings. The van der Waals surface area contributed by atoms with Crippen LogP contribution in [0.1, 0.15) is 0 Å². The highest BCUT2D eigenvalue weighted by Gasteiger charge is 2.20. The van der Waals surface area contributed by atoms with Gasteiger partial charge in [0.25, 0.3) is 15.7 Å². The van der Waals surface area contributed by atoms with Gasteiger partial charge in [0.1, 0.15) is 5.02 Å². The number of nitrogens with zero attached hydrogens (tertiary/aromatic N) is 2. The number of pyridine rings is 1. The molecule has 21 heavy (non-hydrogen) atoms. The summed E-state index contributed by atoms with van der Waals surface area (Å²) in [5.41, 5.74) is -0.509. The van der Waals surface area contributed by atoms with E-state index < -0.39 is 26.6 Å². The lowest BCUT2D eigenvalue weighted by atomic mass is 10.3. The van der Waals surface area contributed by atoms with Crippen LogP contribution in [0.2, 0.25) is 5.02 Å². The monoisotopic (exact) mass is 331 g/mol. The molecule has 110 valence electrons. The minimum absolute atomic E-state index is 0.0222. The van der Waals surface area contributed by atoms with E-state index in [1.54, 1.807) is 0 Å². The highest BCUT2D eigenvalue weighted by molar-refractivity contribution is 7.92. The molecule has 0 unspecified atom stereocenters. The SMILES string of the molecule is O=[N+]([O-])c1cc(S(=O)(=O)Nc2ccc(F)nc2)ccc1Cl. The van der Waals surface area contributed by atoms with E-state index in [9.17, 15) is 22.9 Å². The maximum atomic E-state index is 12.7. The predicted molar refractivity (Wildman–Crippen MR) is 73.1 cm³/mol. The summed E-state index contributed by atoms with van der Waals surface area (Å²) >= 11 is 5.61. The van der Waals surface area contributed by atoms with E-state index in [1.165, 1.54) is 6.07 Å². The number of nitrogens with one attached hydrogen (secondary N) is 1. The predicted octanol–water partition coefficient (Wildman–Crippen LogP) is 2.58. The summed E-state index contributed by atoms with van der Waals surface area (Å²) in [4.78, 5) is 12.9. The molecule has 1 heterocycles. The molecule has 0 atom stereocenters. The Morgan fingerprint density at radius 1 is 1.29 bits per heavy atom. The molecule has 0 spiro atoms. The Morgan fingerprint density at radius 2 is 2.00 bits per heavy atom. The third kappa shape index (κ3) is 3.44. The number of nitro groups is 1. The van der Waals surface area contributed by atoms with Crippen molar-refractivity contribution in [2.24, 2.45) is 0 Å². The third-order valence-electron chi connectivity index (χ3n) is 2.40. The van der Waals surface area contributed by atoms with Crippen LogP contribution in [-0.4, -0.2) is 18.3 Å². The van der Waals surface area contributed by atoms with Crippen molar-refractivity contribution in [1.82, 2.24) is 4.98 Å². The Labute approximate surface area is 123 Å². The Kier molecular flexibility index (Phi) is 4.05. The van der Waals surface area contributed by atoms with Crippen molar-refractivity contribution >= 4 is 33.0 Å². The fourth-order valence-corrected chi connectivity index (χ4v) is 2.70. The van der Waals surface area contributed by atoms with Crippen molar-refractivity contribution in [3.63, 3.8) is 0 Å². The Morgan fingerprint density at radius 3 is 2.57 bits per heavy atom. The van der Waals surface area contributed by atoms with Crippen LogP contribution in [0.15, 0.2) is 41.4 Å². The molecule has 0 radical (unpaired) electrons. The second-order valence-corrected chi connectivity index (χ2v) is 5.94. The van der Waals surface area contributed by atoms with Gasteiger partial charge in [0.15, 0.2) is 0 Å². The molecule has 1 aromatic carbocycles. The third-order valence-corrected chi connectivity index (χ3v) is 4.10. The summed E-state index contributed by atoms with van der Waals surface area (Å²) in [5, 5.41) is 10.6. The van der Waals surface area contributed by atoms with Crippen LogP contribution >= 0.6 is 11.6 Å². The van der Waals surface area contributed by atoms with E-state index >= 15 is 0 Å². The summed E-state index contributed by atoms with van der Waals surface area (Å²) in [6.07, 6.45) is 0.983. The first-order valence-electron chi connectivity index (χ1n) is 5.38. The lowest BCUT2D eigenvalue weighted by molar-refractivity contribution is -0.384. The first kappa shape index (κ1) is 15.1. The first-order chi connectivity index (χ1) is 9.79. The summed E-state index contributed by atoms with van der Waals surface area (Å²) in [6, 6.07) is 5.21. The van der Waals surface area contributed by atoms with Gasteiger partial charge in [-0.2, -0.15) is 4.39 Å². The molecule has 1 N–H and O–H groups in total. The topological polar surface area (TPSA) is 102 Å². The molecule has 10 heteroatoms. The number of rotatable bonds is 4. The molecule has 0 bridgehead atoms. The van der Waals surface area contributed by atoms with Gasteiger partial charge < -0.3 is 0 Å². The quantitative estimate of drug-likeness (QED) is 0.527. The van der Waals surface area contributed by atoms with E-state index in [2.05, 4.69) is 9.71 Å². The largest absolute Gasteiger partial charge is 0.289 e. The maximum Gasteiger partial charge on any atom is 0.289 e. The van der Waals surface area contributed by atoms with Crippen LogP contribution in [0, 0.1) is 16.1 Å². The van der Waals surface area contributed by atoms with Gasteiger partial charge in [0.2, 0.25) is 5.95 Å². The van der Waals surface area contributed by atoms with Gasteiger partial charge >= 0.3 is 0 Å². The normalized spacial score (nSPS) is 11.1. The summed E-state index contributed by atoms with van der Waals surface area (Å²) in [5.74, 6) is -0.764. The summed E-state index contributed by atoms with van der Waals surface area (Å²) in [7, 11) is -4.07. The standard InChI is InChI=1S/C11H7ClFN3O4S/c12-9-3-2-8(5-10(9)16(17)18)21(19,20)15-7-1-4-11(13)14-6-7/h1-6,15H. The fourth-order valence-electron chi connectivity index (χ4n) is 1.45. The molecule has 7 nitrogen and oxygen atoms in total. The molecular formula is C11H7ClFN3O4S. The molecule has 0 aliphatic rings.